The van der Waals surface area contributed by atoms with Crippen molar-refractivity contribution in [3.8, 4) is 0 Å². The van der Waals surface area contributed by atoms with Crippen molar-refractivity contribution in [2.75, 3.05) is 0 Å². The van der Waals surface area contributed by atoms with Crippen molar-refractivity contribution in [3.63, 3.8) is 0 Å². The number of hydrogen-bond donors (Lipinski definition) is 0. The Hall–Kier alpha value is -1.44. The highest BCUT2D eigenvalue weighted by Crippen LogP contribution is 2.30. The number of Topliss-reactive ketones (excluding diaryl/α,β-unsaturated/α-hetero) is 1. The van der Waals surface area contributed by atoms with Crippen molar-refractivity contribution in [1.82, 2.24) is 0 Å². The van der Waals surface area contributed by atoms with Crippen LogP contribution in [0.1, 0.15) is 23.5 Å². The molecule has 2 heteroatoms. The number of halogens is 1. The van der Waals surface area contributed by atoms with Gasteiger partial charge in [-0.3, -0.25) is 4.79 Å². The number of aryl methyl sites for hydroxylation is 1. The SMILES string of the molecule is Cc1ccc(C2C=C(F)C(=O)C2)cc1. The topological polar surface area (TPSA) is 17.1 Å². The molecular formula is C12H11FO. The van der Waals surface area contributed by atoms with Crippen molar-refractivity contribution in [1.29, 1.82) is 0 Å². The van der Waals surface area contributed by atoms with Crippen LogP contribution in [0.3, 0.4) is 0 Å². The molecule has 1 aromatic carbocycles. The Morgan fingerprint density at radius 2 is 1.93 bits per heavy atom. The molecule has 0 radical (unpaired) electrons. The van der Waals surface area contributed by atoms with Crippen LogP contribution in [0.5, 0.6) is 0 Å². The molecule has 0 heterocycles. The smallest absolute Gasteiger partial charge is 0.191 e. The van der Waals surface area contributed by atoms with Gasteiger partial charge in [-0.05, 0) is 18.6 Å². The van der Waals surface area contributed by atoms with Crippen LogP contribution in [0.25, 0.3) is 0 Å². The van der Waals surface area contributed by atoms with E-state index >= 15 is 0 Å². The van der Waals surface area contributed by atoms with Gasteiger partial charge in [-0.1, -0.05) is 29.8 Å². The Balaban J connectivity index is 2.26. The zero-order chi connectivity index (χ0) is 10.1. The summed E-state index contributed by atoms with van der Waals surface area (Å²) in [5.74, 6) is -1.03. The number of carbonyl (C=O) groups excluding carboxylic acids is 1. The molecule has 0 saturated heterocycles. The van der Waals surface area contributed by atoms with Crippen molar-refractivity contribution >= 4 is 5.78 Å². The maximum absolute atomic E-state index is 12.8. The van der Waals surface area contributed by atoms with Gasteiger partial charge in [0.2, 0.25) is 0 Å². The molecular weight excluding hydrogens is 179 g/mol. The van der Waals surface area contributed by atoms with Gasteiger partial charge in [0, 0.05) is 12.3 Å². The van der Waals surface area contributed by atoms with E-state index in [1.807, 2.05) is 31.2 Å². The molecule has 1 nitrogen and oxygen atoms in total. The summed E-state index contributed by atoms with van der Waals surface area (Å²) in [5, 5.41) is 0. The highest BCUT2D eigenvalue weighted by atomic mass is 19.1. The highest BCUT2D eigenvalue weighted by Gasteiger charge is 2.24. The van der Waals surface area contributed by atoms with Gasteiger partial charge in [-0.25, -0.2) is 4.39 Å². The van der Waals surface area contributed by atoms with Crippen molar-refractivity contribution < 1.29 is 9.18 Å². The molecule has 0 bridgehead atoms. The summed E-state index contributed by atoms with van der Waals surface area (Å²) in [7, 11) is 0. The molecule has 1 aliphatic rings. The second-order valence-corrected chi connectivity index (χ2v) is 3.66. The third-order valence-corrected chi connectivity index (χ3v) is 2.52. The summed E-state index contributed by atoms with van der Waals surface area (Å²) in [6, 6.07) is 7.85. The summed E-state index contributed by atoms with van der Waals surface area (Å²) in [6.07, 6.45) is 1.68. The standard InChI is InChI=1S/C12H11FO/c1-8-2-4-9(5-3-8)10-6-11(13)12(14)7-10/h2-6,10H,7H2,1H3. The maximum atomic E-state index is 12.8. The van der Waals surface area contributed by atoms with Crippen LogP contribution in [0.15, 0.2) is 36.2 Å². The monoisotopic (exact) mass is 190 g/mol. The van der Waals surface area contributed by atoms with Crippen LogP contribution < -0.4 is 0 Å². The summed E-state index contributed by atoms with van der Waals surface area (Å²) in [5.41, 5.74) is 2.18. The lowest BCUT2D eigenvalue weighted by atomic mass is 9.98. The van der Waals surface area contributed by atoms with Gasteiger partial charge >= 0.3 is 0 Å². The Morgan fingerprint density at radius 3 is 2.43 bits per heavy atom. The van der Waals surface area contributed by atoms with Gasteiger partial charge in [-0.2, -0.15) is 0 Å². The van der Waals surface area contributed by atoms with Crippen LogP contribution in [-0.2, 0) is 4.79 Å². The first-order valence-corrected chi connectivity index (χ1v) is 4.64. The minimum atomic E-state index is -0.587. The van der Waals surface area contributed by atoms with E-state index in [1.54, 1.807) is 0 Å². The Bertz CT molecular complexity index is 389. The lowest BCUT2D eigenvalue weighted by molar-refractivity contribution is -0.116. The van der Waals surface area contributed by atoms with E-state index < -0.39 is 5.83 Å². The molecule has 1 unspecified atom stereocenters. The number of benzene rings is 1. The largest absolute Gasteiger partial charge is 0.292 e. The Kier molecular flexibility index (Phi) is 2.20. The van der Waals surface area contributed by atoms with Crippen LogP contribution in [0.2, 0.25) is 0 Å². The van der Waals surface area contributed by atoms with Gasteiger partial charge < -0.3 is 0 Å². The van der Waals surface area contributed by atoms with E-state index in [1.165, 1.54) is 11.6 Å². The predicted octanol–water partition coefficient (Wildman–Crippen LogP) is 2.90. The zero-order valence-electron chi connectivity index (χ0n) is 7.96. The first-order valence-electron chi connectivity index (χ1n) is 4.64. The summed E-state index contributed by atoms with van der Waals surface area (Å²) < 4.78 is 12.8. The fourth-order valence-electron chi connectivity index (χ4n) is 1.65. The minimum absolute atomic E-state index is 0.0666. The third kappa shape index (κ3) is 1.60. The normalized spacial score (nSPS) is 21.1. The fraction of sp³-hybridized carbons (Fsp3) is 0.250. The van der Waals surface area contributed by atoms with Crippen molar-refractivity contribution in [2.24, 2.45) is 0 Å². The molecule has 0 fully saturated rings. The van der Waals surface area contributed by atoms with Gasteiger partial charge in [0.1, 0.15) is 0 Å². The summed E-state index contributed by atoms with van der Waals surface area (Å²) in [4.78, 5) is 11.0. The first kappa shape index (κ1) is 9.13. The number of rotatable bonds is 1. The van der Waals surface area contributed by atoms with E-state index in [-0.39, 0.29) is 18.1 Å². The Labute approximate surface area is 82.3 Å². The molecule has 0 amide bonds. The molecule has 14 heavy (non-hydrogen) atoms. The van der Waals surface area contributed by atoms with Crippen molar-refractivity contribution in [3.05, 3.63) is 47.3 Å². The average molecular weight is 190 g/mol. The maximum Gasteiger partial charge on any atom is 0.191 e. The van der Waals surface area contributed by atoms with E-state index in [0.717, 1.165) is 5.56 Å². The van der Waals surface area contributed by atoms with Gasteiger partial charge in [0.05, 0.1) is 0 Å². The number of ketones is 1. The molecule has 0 N–H and O–H groups in total. The number of hydrogen-bond acceptors (Lipinski definition) is 1. The fourth-order valence-corrected chi connectivity index (χ4v) is 1.65. The van der Waals surface area contributed by atoms with Gasteiger partial charge in [-0.15, -0.1) is 0 Å². The first-order chi connectivity index (χ1) is 6.66. The number of allylic oxidation sites excluding steroid dienone is 2. The second kappa shape index (κ2) is 3.37. The van der Waals surface area contributed by atoms with Gasteiger partial charge in [0.25, 0.3) is 0 Å². The zero-order valence-corrected chi connectivity index (χ0v) is 7.96. The highest BCUT2D eigenvalue weighted by molar-refractivity contribution is 5.96. The molecule has 72 valence electrons. The quantitative estimate of drug-likeness (QED) is 0.665. The third-order valence-electron chi connectivity index (χ3n) is 2.52. The second-order valence-electron chi connectivity index (χ2n) is 3.66. The van der Waals surface area contributed by atoms with E-state index in [9.17, 15) is 9.18 Å². The van der Waals surface area contributed by atoms with Crippen LogP contribution in [0, 0.1) is 6.92 Å². The average Bonchev–Trinajstić information content (AvgIpc) is 2.48. The van der Waals surface area contributed by atoms with E-state index in [4.69, 9.17) is 0 Å². The molecule has 0 saturated carbocycles. The molecule has 2 rings (SSSR count). The minimum Gasteiger partial charge on any atom is -0.292 e. The molecule has 0 aliphatic heterocycles. The molecule has 1 atom stereocenters. The molecule has 0 aromatic heterocycles. The Morgan fingerprint density at radius 1 is 1.29 bits per heavy atom. The molecule has 1 aliphatic carbocycles. The van der Waals surface area contributed by atoms with Crippen molar-refractivity contribution in [2.45, 2.75) is 19.3 Å². The van der Waals surface area contributed by atoms with E-state index in [2.05, 4.69) is 0 Å². The molecule has 0 spiro atoms. The lowest BCUT2D eigenvalue weighted by Crippen LogP contribution is -1.96. The van der Waals surface area contributed by atoms with Crippen LogP contribution >= 0.6 is 0 Å². The van der Waals surface area contributed by atoms with Gasteiger partial charge in [0.15, 0.2) is 11.6 Å². The van der Waals surface area contributed by atoms with Crippen LogP contribution in [0.4, 0.5) is 4.39 Å². The summed E-state index contributed by atoms with van der Waals surface area (Å²) >= 11 is 0. The van der Waals surface area contributed by atoms with Crippen LogP contribution in [-0.4, -0.2) is 5.78 Å². The lowest BCUT2D eigenvalue weighted by Gasteiger charge is -2.06. The predicted molar refractivity (Wildman–Crippen MR) is 52.7 cm³/mol. The number of carbonyl (C=O) groups is 1. The summed E-state index contributed by atoms with van der Waals surface area (Å²) in [6.45, 7) is 2.00. The van der Waals surface area contributed by atoms with E-state index in [0.29, 0.717) is 0 Å². The molecule has 1 aromatic rings.